The highest BCUT2D eigenvalue weighted by Crippen LogP contribution is 2.20. The van der Waals surface area contributed by atoms with Gasteiger partial charge in [0.1, 0.15) is 12.1 Å². The summed E-state index contributed by atoms with van der Waals surface area (Å²) < 4.78 is 4.96. The van der Waals surface area contributed by atoms with Crippen LogP contribution in [0.25, 0.3) is 0 Å². The average molecular weight is 201 g/mol. The summed E-state index contributed by atoms with van der Waals surface area (Å²) >= 11 is 0. The Morgan fingerprint density at radius 2 is 2.14 bits per heavy atom. The van der Waals surface area contributed by atoms with Crippen LogP contribution in [0.3, 0.4) is 0 Å². The lowest BCUT2D eigenvalue weighted by molar-refractivity contribution is -0.141. The summed E-state index contributed by atoms with van der Waals surface area (Å²) in [6, 6.07) is -1.02. The Kier molecular flexibility index (Phi) is 2.95. The number of amides is 1. The molecule has 1 saturated heterocycles. The molecule has 1 fully saturated rings. The molecule has 0 saturated carbocycles. The largest absolute Gasteiger partial charge is 0.497 e. The van der Waals surface area contributed by atoms with E-state index in [2.05, 4.69) is 6.58 Å². The van der Waals surface area contributed by atoms with E-state index in [4.69, 9.17) is 14.9 Å². The fourth-order valence-corrected chi connectivity index (χ4v) is 1.48. The summed E-state index contributed by atoms with van der Waals surface area (Å²) in [7, 11) is 0. The van der Waals surface area contributed by atoms with Crippen molar-refractivity contribution in [1.29, 1.82) is 0 Å². The molecule has 2 atom stereocenters. The topological polar surface area (TPSA) is 87.1 Å². The second-order valence-electron chi connectivity index (χ2n) is 2.95. The van der Waals surface area contributed by atoms with E-state index in [9.17, 15) is 9.59 Å². The summed E-state index contributed by atoms with van der Waals surface area (Å²) in [5.41, 5.74) is 0. The first-order chi connectivity index (χ1) is 6.56. The molecule has 1 amide bonds. The van der Waals surface area contributed by atoms with Crippen molar-refractivity contribution in [3.8, 4) is 0 Å². The number of carboxylic acid groups (broad SMARTS) is 2. The second kappa shape index (κ2) is 3.99. The molecule has 0 aromatic heterocycles. The zero-order valence-corrected chi connectivity index (χ0v) is 7.42. The lowest BCUT2D eigenvalue weighted by atomic mass is 10.2. The van der Waals surface area contributed by atoms with Crippen LogP contribution in [0.4, 0.5) is 4.79 Å². The first-order valence-corrected chi connectivity index (χ1v) is 4.05. The van der Waals surface area contributed by atoms with Crippen molar-refractivity contribution < 1.29 is 24.5 Å². The van der Waals surface area contributed by atoms with Gasteiger partial charge in [-0.05, 0) is 0 Å². The van der Waals surface area contributed by atoms with E-state index in [1.807, 2.05) is 0 Å². The van der Waals surface area contributed by atoms with Gasteiger partial charge in [0.2, 0.25) is 0 Å². The first kappa shape index (κ1) is 10.4. The maximum Gasteiger partial charge on any atom is 0.408 e. The molecule has 14 heavy (non-hydrogen) atoms. The fourth-order valence-electron chi connectivity index (χ4n) is 1.48. The van der Waals surface area contributed by atoms with Crippen LogP contribution in [0.2, 0.25) is 0 Å². The van der Waals surface area contributed by atoms with Gasteiger partial charge in [0.15, 0.2) is 0 Å². The van der Waals surface area contributed by atoms with Crippen molar-refractivity contribution in [2.45, 2.75) is 18.6 Å². The zero-order chi connectivity index (χ0) is 10.7. The van der Waals surface area contributed by atoms with Gasteiger partial charge in [-0.25, -0.2) is 9.59 Å². The molecule has 0 radical (unpaired) electrons. The minimum Gasteiger partial charge on any atom is -0.497 e. The van der Waals surface area contributed by atoms with Crippen LogP contribution in [-0.2, 0) is 9.53 Å². The minimum atomic E-state index is -1.24. The summed E-state index contributed by atoms with van der Waals surface area (Å²) in [4.78, 5) is 22.2. The maximum absolute atomic E-state index is 10.7. The quantitative estimate of drug-likeness (QED) is 0.643. The molecule has 0 aliphatic carbocycles. The molecule has 1 aliphatic rings. The molecular weight excluding hydrogens is 190 g/mol. The molecule has 6 heteroatoms. The van der Waals surface area contributed by atoms with Crippen LogP contribution >= 0.6 is 0 Å². The van der Waals surface area contributed by atoms with Crippen LogP contribution in [0.5, 0.6) is 0 Å². The van der Waals surface area contributed by atoms with Gasteiger partial charge >= 0.3 is 12.1 Å². The summed E-state index contributed by atoms with van der Waals surface area (Å²) in [5, 5.41) is 17.4. The van der Waals surface area contributed by atoms with Gasteiger partial charge in [0.05, 0.1) is 12.8 Å². The third kappa shape index (κ3) is 1.95. The van der Waals surface area contributed by atoms with Gasteiger partial charge in [-0.1, -0.05) is 6.58 Å². The number of hydrogen-bond donors (Lipinski definition) is 2. The standard InChI is InChI=1S/C8H11NO5/c1-2-14-5-3-6(7(10)11)9(4-5)8(12)13/h2,5-6H,1,3-4H2,(H,10,11)(H,12,13)/t5-,6+/m1/s1. The van der Waals surface area contributed by atoms with Crippen molar-refractivity contribution >= 4 is 12.1 Å². The van der Waals surface area contributed by atoms with Crippen molar-refractivity contribution in [3.63, 3.8) is 0 Å². The Morgan fingerprint density at radius 3 is 2.50 bits per heavy atom. The normalized spacial score (nSPS) is 25.9. The average Bonchev–Trinajstić information content (AvgIpc) is 2.49. The number of ether oxygens (including phenoxy) is 1. The number of hydrogen-bond acceptors (Lipinski definition) is 3. The van der Waals surface area contributed by atoms with Crippen molar-refractivity contribution in [1.82, 2.24) is 4.90 Å². The number of likely N-dealkylation sites (tertiary alicyclic amines) is 1. The van der Waals surface area contributed by atoms with Gasteiger partial charge < -0.3 is 14.9 Å². The summed E-state index contributed by atoms with van der Waals surface area (Å²) in [5.74, 6) is -1.15. The van der Waals surface area contributed by atoms with Gasteiger partial charge in [-0.15, -0.1) is 0 Å². The predicted octanol–water partition coefficient (Wildman–Crippen LogP) is 0.352. The van der Waals surface area contributed by atoms with E-state index in [0.29, 0.717) is 0 Å². The Bertz CT molecular complexity index is 242. The van der Waals surface area contributed by atoms with E-state index in [1.165, 1.54) is 6.26 Å². The lowest BCUT2D eigenvalue weighted by Gasteiger charge is -2.16. The minimum absolute atomic E-state index is 0.0678. The van der Waals surface area contributed by atoms with Crippen molar-refractivity contribution in [2.75, 3.05) is 6.54 Å². The number of carboxylic acids is 1. The van der Waals surface area contributed by atoms with Crippen LogP contribution in [0.15, 0.2) is 12.8 Å². The molecule has 2 N–H and O–H groups in total. The van der Waals surface area contributed by atoms with Gasteiger partial charge in [0.25, 0.3) is 0 Å². The van der Waals surface area contributed by atoms with E-state index in [1.54, 1.807) is 0 Å². The molecule has 1 heterocycles. The van der Waals surface area contributed by atoms with Gasteiger partial charge in [0, 0.05) is 6.42 Å². The Morgan fingerprint density at radius 1 is 1.50 bits per heavy atom. The Hall–Kier alpha value is -1.72. The third-order valence-corrected chi connectivity index (χ3v) is 2.08. The van der Waals surface area contributed by atoms with Crippen LogP contribution in [0.1, 0.15) is 6.42 Å². The van der Waals surface area contributed by atoms with E-state index in [0.717, 1.165) is 4.90 Å². The highest BCUT2D eigenvalue weighted by molar-refractivity contribution is 5.80. The molecule has 0 spiro atoms. The second-order valence-corrected chi connectivity index (χ2v) is 2.95. The molecule has 0 aromatic rings. The number of aliphatic carboxylic acids is 1. The Balaban J connectivity index is 2.69. The van der Waals surface area contributed by atoms with Crippen LogP contribution in [-0.4, -0.2) is 45.9 Å². The summed E-state index contributed by atoms with van der Waals surface area (Å²) in [6.07, 6.45) is -0.306. The number of rotatable bonds is 3. The highest BCUT2D eigenvalue weighted by Gasteiger charge is 2.40. The number of nitrogens with zero attached hydrogens (tertiary/aromatic N) is 1. The first-order valence-electron chi connectivity index (χ1n) is 4.05. The third-order valence-electron chi connectivity index (χ3n) is 2.08. The zero-order valence-electron chi connectivity index (χ0n) is 7.42. The van der Waals surface area contributed by atoms with E-state index >= 15 is 0 Å². The molecule has 0 bridgehead atoms. The predicted molar refractivity (Wildman–Crippen MR) is 45.8 cm³/mol. The van der Waals surface area contributed by atoms with Crippen LogP contribution < -0.4 is 0 Å². The maximum atomic E-state index is 10.7. The fraction of sp³-hybridized carbons (Fsp3) is 0.500. The van der Waals surface area contributed by atoms with Gasteiger partial charge in [-0.3, -0.25) is 4.90 Å². The molecule has 1 rings (SSSR count). The number of carbonyl (C=O) groups is 2. The van der Waals surface area contributed by atoms with Gasteiger partial charge in [-0.2, -0.15) is 0 Å². The summed E-state index contributed by atoms with van der Waals surface area (Å²) in [6.45, 7) is 3.40. The van der Waals surface area contributed by atoms with Crippen molar-refractivity contribution in [2.24, 2.45) is 0 Å². The smallest absolute Gasteiger partial charge is 0.408 e. The molecule has 0 aromatic carbocycles. The molecule has 78 valence electrons. The van der Waals surface area contributed by atoms with E-state index < -0.39 is 24.2 Å². The molecular formula is C8H11NO5. The van der Waals surface area contributed by atoms with Crippen LogP contribution in [0, 0.1) is 0 Å². The highest BCUT2D eigenvalue weighted by atomic mass is 16.5. The van der Waals surface area contributed by atoms with E-state index in [-0.39, 0.29) is 13.0 Å². The SMILES string of the molecule is C=CO[C@@H]1C[C@@H](C(=O)O)N(C(=O)O)C1. The lowest BCUT2D eigenvalue weighted by Crippen LogP contribution is -2.39. The monoisotopic (exact) mass is 201 g/mol. The molecule has 6 nitrogen and oxygen atoms in total. The van der Waals surface area contributed by atoms with Crippen molar-refractivity contribution in [3.05, 3.63) is 12.8 Å². The molecule has 1 aliphatic heterocycles. The molecule has 0 unspecified atom stereocenters. The Labute approximate surface area is 80.4 Å².